The van der Waals surface area contributed by atoms with Gasteiger partial charge < -0.3 is 20.1 Å². The van der Waals surface area contributed by atoms with Crippen LogP contribution in [0.15, 0.2) is 24.4 Å². The van der Waals surface area contributed by atoms with E-state index in [4.69, 9.17) is 20.5 Å². The molecule has 1 aromatic heterocycles. The number of aromatic nitrogens is 1. The minimum Gasteiger partial charge on any atom is -0.490 e. The number of hydrogen-bond acceptors (Lipinski definition) is 6. The zero-order valence-electron chi connectivity index (χ0n) is 17.4. The van der Waals surface area contributed by atoms with Gasteiger partial charge in [-0.2, -0.15) is 5.26 Å². The summed E-state index contributed by atoms with van der Waals surface area (Å²) in [5.41, 5.74) is 5.84. The van der Waals surface area contributed by atoms with Crippen molar-refractivity contribution in [3.63, 3.8) is 0 Å². The van der Waals surface area contributed by atoms with Crippen molar-refractivity contribution in [2.45, 2.75) is 45.8 Å². The van der Waals surface area contributed by atoms with Gasteiger partial charge >= 0.3 is 0 Å². The monoisotopic (exact) mass is 410 g/mol. The Labute approximate surface area is 175 Å². The quantitative estimate of drug-likeness (QED) is 0.782. The van der Waals surface area contributed by atoms with Gasteiger partial charge in [0.1, 0.15) is 18.3 Å². The number of nitrogens with zero attached hydrogens (tertiary/aromatic N) is 3. The van der Waals surface area contributed by atoms with Crippen LogP contribution in [-0.4, -0.2) is 47.0 Å². The van der Waals surface area contributed by atoms with Crippen molar-refractivity contribution in [3.05, 3.63) is 30.0 Å². The molecule has 0 spiro atoms. The van der Waals surface area contributed by atoms with E-state index in [9.17, 15) is 9.59 Å². The molecule has 0 bridgehead atoms. The summed E-state index contributed by atoms with van der Waals surface area (Å²) >= 11 is 0. The van der Waals surface area contributed by atoms with Gasteiger partial charge in [-0.25, -0.2) is 4.98 Å². The summed E-state index contributed by atoms with van der Waals surface area (Å²) in [6, 6.07) is 7.13. The number of piperidine rings is 1. The van der Waals surface area contributed by atoms with Crippen molar-refractivity contribution in [3.8, 4) is 17.7 Å². The average molecular weight is 410 g/mol. The molecule has 2 amide bonds. The molecule has 3 rings (SSSR count). The zero-order valence-corrected chi connectivity index (χ0v) is 17.4. The fourth-order valence-electron chi connectivity index (χ4n) is 3.66. The molecule has 2 aromatic rings. The lowest BCUT2D eigenvalue weighted by molar-refractivity contribution is -0.133. The molecule has 1 aliphatic heterocycles. The lowest BCUT2D eigenvalue weighted by Crippen LogP contribution is -2.46. The van der Waals surface area contributed by atoms with Crippen LogP contribution in [0.2, 0.25) is 0 Å². The molecule has 1 aromatic carbocycles. The van der Waals surface area contributed by atoms with E-state index >= 15 is 0 Å². The number of pyridine rings is 1. The molecule has 1 saturated heterocycles. The summed E-state index contributed by atoms with van der Waals surface area (Å²) in [7, 11) is 0. The smallest absolute Gasteiger partial charge is 0.252 e. The third-order valence-electron chi connectivity index (χ3n) is 5.13. The average Bonchev–Trinajstić information content (AvgIpc) is 2.69. The fourth-order valence-corrected chi connectivity index (χ4v) is 3.66. The van der Waals surface area contributed by atoms with Gasteiger partial charge in [0, 0.05) is 37.0 Å². The Balaban J connectivity index is 1.87. The number of primary amides is 1. The van der Waals surface area contributed by atoms with Crippen LogP contribution < -0.4 is 15.2 Å². The van der Waals surface area contributed by atoms with E-state index in [2.05, 4.69) is 4.98 Å². The second-order valence-electron chi connectivity index (χ2n) is 7.81. The van der Waals surface area contributed by atoms with Gasteiger partial charge in [-0.1, -0.05) is 6.92 Å². The van der Waals surface area contributed by atoms with Gasteiger partial charge in [0.15, 0.2) is 0 Å². The molecule has 8 nitrogen and oxygen atoms in total. The molecular formula is C22H26N4O4. The Bertz CT molecular complexity index is 999. The molecule has 0 radical (unpaired) electrons. The number of amides is 2. The number of carbonyl (C=O) groups is 2. The predicted octanol–water partition coefficient (Wildman–Crippen LogP) is 2.65. The highest BCUT2D eigenvalue weighted by Crippen LogP contribution is 2.33. The number of fused-ring (bicyclic) bond motifs is 1. The van der Waals surface area contributed by atoms with Gasteiger partial charge in [0.25, 0.3) is 5.91 Å². The number of benzene rings is 1. The van der Waals surface area contributed by atoms with Crippen molar-refractivity contribution in [1.29, 1.82) is 5.26 Å². The Morgan fingerprint density at radius 1 is 1.40 bits per heavy atom. The van der Waals surface area contributed by atoms with E-state index in [0.717, 1.165) is 10.8 Å². The lowest BCUT2D eigenvalue weighted by Gasteiger charge is -2.36. The topological polar surface area (TPSA) is 119 Å². The van der Waals surface area contributed by atoms with Crippen molar-refractivity contribution in [2.24, 2.45) is 11.7 Å². The number of nitriles is 1. The maximum Gasteiger partial charge on any atom is 0.252 e. The van der Waals surface area contributed by atoms with Crippen LogP contribution in [0, 0.1) is 17.2 Å². The van der Waals surface area contributed by atoms with Crippen molar-refractivity contribution < 1.29 is 19.1 Å². The third-order valence-corrected chi connectivity index (χ3v) is 5.13. The van der Waals surface area contributed by atoms with Crippen LogP contribution in [0.4, 0.5) is 0 Å². The SMILES string of the molecule is CC(C)Oc1cc2c(OC3CCN(C(=O)CC#N)C[C@@H]3C)nccc2cc1C(N)=O. The van der Waals surface area contributed by atoms with Crippen LogP contribution in [-0.2, 0) is 4.79 Å². The number of carbonyl (C=O) groups excluding carboxylic acids is 2. The summed E-state index contributed by atoms with van der Waals surface area (Å²) in [4.78, 5) is 30.0. The van der Waals surface area contributed by atoms with Crippen LogP contribution in [0.3, 0.4) is 0 Å². The highest BCUT2D eigenvalue weighted by molar-refractivity contribution is 6.01. The first kappa shape index (κ1) is 21.4. The molecule has 30 heavy (non-hydrogen) atoms. The maximum absolute atomic E-state index is 12.0. The summed E-state index contributed by atoms with van der Waals surface area (Å²) in [5, 5.41) is 10.2. The second-order valence-corrected chi connectivity index (χ2v) is 7.81. The van der Waals surface area contributed by atoms with Gasteiger partial charge in [-0.3, -0.25) is 9.59 Å². The highest BCUT2D eigenvalue weighted by atomic mass is 16.5. The van der Waals surface area contributed by atoms with Crippen molar-refractivity contribution in [1.82, 2.24) is 9.88 Å². The third kappa shape index (κ3) is 4.62. The first-order valence-electron chi connectivity index (χ1n) is 10.0. The molecule has 8 heteroatoms. The first-order valence-corrected chi connectivity index (χ1v) is 10.0. The van der Waals surface area contributed by atoms with Gasteiger partial charge in [-0.05, 0) is 37.4 Å². The zero-order chi connectivity index (χ0) is 21.8. The number of hydrogen-bond donors (Lipinski definition) is 1. The molecule has 1 aliphatic rings. The maximum atomic E-state index is 12.0. The molecule has 1 unspecified atom stereocenters. The minimum atomic E-state index is -0.560. The van der Waals surface area contributed by atoms with Crippen molar-refractivity contribution >= 4 is 22.6 Å². The van der Waals surface area contributed by atoms with E-state index in [1.54, 1.807) is 29.3 Å². The summed E-state index contributed by atoms with van der Waals surface area (Å²) < 4.78 is 12.0. The Hall–Kier alpha value is -3.34. The fraction of sp³-hybridized carbons (Fsp3) is 0.455. The standard InChI is InChI=1S/C22H26N4O4/c1-13(2)29-19-11-16-15(10-17(19)21(24)28)5-8-25-22(16)30-18-6-9-26(12-14(18)3)20(27)4-7-23/h5,8,10-11,13-14,18H,4,6,9,12H2,1-3H3,(H2,24,28)/t14-,18?/m0/s1. The molecular weight excluding hydrogens is 384 g/mol. The Morgan fingerprint density at radius 3 is 2.80 bits per heavy atom. The van der Waals surface area contributed by atoms with Crippen LogP contribution in [0.5, 0.6) is 11.6 Å². The molecule has 1 fully saturated rings. The van der Waals surface area contributed by atoms with E-state index < -0.39 is 5.91 Å². The van der Waals surface area contributed by atoms with E-state index in [0.29, 0.717) is 36.7 Å². The van der Waals surface area contributed by atoms with Crippen LogP contribution in [0.25, 0.3) is 10.8 Å². The summed E-state index contributed by atoms with van der Waals surface area (Å²) in [6.45, 7) is 6.83. The largest absolute Gasteiger partial charge is 0.490 e. The number of ether oxygens (including phenoxy) is 2. The predicted molar refractivity (Wildman–Crippen MR) is 111 cm³/mol. The number of rotatable bonds is 6. The van der Waals surface area contributed by atoms with E-state index in [1.165, 1.54) is 0 Å². The molecule has 2 atom stereocenters. The van der Waals surface area contributed by atoms with E-state index in [1.807, 2.05) is 26.8 Å². The van der Waals surface area contributed by atoms with Crippen molar-refractivity contribution in [2.75, 3.05) is 13.1 Å². The van der Waals surface area contributed by atoms with Crippen LogP contribution in [0.1, 0.15) is 44.0 Å². The van der Waals surface area contributed by atoms with Gasteiger partial charge in [-0.15, -0.1) is 0 Å². The van der Waals surface area contributed by atoms with Gasteiger partial charge in [0.05, 0.1) is 17.7 Å². The molecule has 0 saturated carbocycles. The number of likely N-dealkylation sites (tertiary alicyclic amines) is 1. The summed E-state index contributed by atoms with van der Waals surface area (Å²) in [6.07, 6.45) is 1.91. The first-order chi connectivity index (χ1) is 14.3. The van der Waals surface area contributed by atoms with E-state index in [-0.39, 0.29) is 30.5 Å². The molecule has 0 aliphatic carbocycles. The number of nitrogens with two attached hydrogens (primary N) is 1. The van der Waals surface area contributed by atoms with Gasteiger partial charge in [0.2, 0.25) is 11.8 Å². The molecule has 2 N–H and O–H groups in total. The molecule has 2 heterocycles. The highest BCUT2D eigenvalue weighted by Gasteiger charge is 2.30. The second kappa shape index (κ2) is 8.99. The normalized spacial score (nSPS) is 18.8. The van der Waals surface area contributed by atoms with Crippen LogP contribution >= 0.6 is 0 Å². The Morgan fingerprint density at radius 2 is 2.17 bits per heavy atom. The Kier molecular flexibility index (Phi) is 6.40. The minimum absolute atomic E-state index is 0.0785. The summed E-state index contributed by atoms with van der Waals surface area (Å²) in [5.74, 6) is 0.212. The molecule has 158 valence electrons. The lowest BCUT2D eigenvalue weighted by atomic mass is 9.96.